The monoisotopic (exact) mass is 266 g/mol. The molecular formula is C15H19ClO2. The first-order valence-electron chi connectivity index (χ1n) is 6.55. The van der Waals surface area contributed by atoms with Gasteiger partial charge in [-0.1, -0.05) is 30.9 Å². The standard InChI is InChI=1S/C15H19ClO2/c1-9-8-12(17)13(10(2)14(9)16)15(18)11-6-4-3-5-7-11/h8,11,17H,3-7H2,1-2H3. The molecule has 2 nitrogen and oxygen atoms in total. The number of aromatic hydroxyl groups is 1. The van der Waals surface area contributed by atoms with Crippen LogP contribution < -0.4 is 0 Å². The highest BCUT2D eigenvalue weighted by atomic mass is 35.5. The molecule has 1 fully saturated rings. The van der Waals surface area contributed by atoms with Crippen LogP contribution in [0.25, 0.3) is 0 Å². The van der Waals surface area contributed by atoms with Gasteiger partial charge in [-0.25, -0.2) is 0 Å². The molecule has 98 valence electrons. The molecule has 0 unspecified atom stereocenters. The second-order valence-electron chi connectivity index (χ2n) is 5.23. The summed E-state index contributed by atoms with van der Waals surface area (Å²) in [5.41, 5.74) is 1.95. The van der Waals surface area contributed by atoms with Crippen LogP contribution in [0.4, 0.5) is 0 Å². The van der Waals surface area contributed by atoms with Crippen molar-refractivity contribution in [3.63, 3.8) is 0 Å². The maximum Gasteiger partial charge on any atom is 0.169 e. The third kappa shape index (κ3) is 2.39. The van der Waals surface area contributed by atoms with Crippen LogP contribution in [0.15, 0.2) is 6.07 Å². The summed E-state index contributed by atoms with van der Waals surface area (Å²) in [6.07, 6.45) is 5.29. The van der Waals surface area contributed by atoms with Crippen molar-refractivity contribution in [1.82, 2.24) is 0 Å². The smallest absolute Gasteiger partial charge is 0.169 e. The molecule has 0 spiro atoms. The van der Waals surface area contributed by atoms with E-state index in [4.69, 9.17) is 11.6 Å². The van der Waals surface area contributed by atoms with Crippen LogP contribution in [-0.2, 0) is 0 Å². The average molecular weight is 267 g/mol. The van der Waals surface area contributed by atoms with Crippen LogP contribution in [0.2, 0.25) is 5.02 Å². The van der Waals surface area contributed by atoms with Crippen LogP contribution in [-0.4, -0.2) is 10.9 Å². The first-order chi connectivity index (χ1) is 8.52. The summed E-state index contributed by atoms with van der Waals surface area (Å²) in [6.45, 7) is 3.65. The van der Waals surface area contributed by atoms with Gasteiger partial charge in [0.25, 0.3) is 0 Å². The van der Waals surface area contributed by atoms with Crippen LogP contribution in [0.3, 0.4) is 0 Å². The van der Waals surface area contributed by atoms with E-state index in [0.29, 0.717) is 16.1 Å². The zero-order chi connectivity index (χ0) is 13.3. The molecule has 1 N–H and O–H groups in total. The highest BCUT2D eigenvalue weighted by Gasteiger charge is 2.26. The summed E-state index contributed by atoms with van der Waals surface area (Å²) in [5, 5.41) is 10.6. The molecule has 0 radical (unpaired) electrons. The highest BCUT2D eigenvalue weighted by Crippen LogP contribution is 2.35. The highest BCUT2D eigenvalue weighted by molar-refractivity contribution is 6.32. The molecule has 0 amide bonds. The van der Waals surface area contributed by atoms with Gasteiger partial charge in [-0.15, -0.1) is 0 Å². The van der Waals surface area contributed by atoms with Crippen molar-refractivity contribution >= 4 is 17.4 Å². The molecule has 3 heteroatoms. The van der Waals surface area contributed by atoms with E-state index >= 15 is 0 Å². The van der Waals surface area contributed by atoms with E-state index in [-0.39, 0.29) is 17.5 Å². The summed E-state index contributed by atoms with van der Waals surface area (Å²) in [4.78, 5) is 12.5. The van der Waals surface area contributed by atoms with Gasteiger partial charge in [0.1, 0.15) is 5.75 Å². The molecule has 1 aliphatic carbocycles. The van der Waals surface area contributed by atoms with Gasteiger partial charge in [0.05, 0.1) is 5.56 Å². The lowest BCUT2D eigenvalue weighted by atomic mass is 9.82. The van der Waals surface area contributed by atoms with E-state index in [9.17, 15) is 9.90 Å². The minimum absolute atomic E-state index is 0.0575. The number of hydrogen-bond donors (Lipinski definition) is 1. The molecule has 0 aliphatic heterocycles. The Hall–Kier alpha value is -1.02. The summed E-state index contributed by atoms with van der Waals surface area (Å²) in [5.74, 6) is 0.193. The molecule has 0 heterocycles. The first kappa shape index (κ1) is 13.4. The Morgan fingerprint density at radius 2 is 1.89 bits per heavy atom. The quantitative estimate of drug-likeness (QED) is 0.805. The Kier molecular flexibility index (Phi) is 3.96. The number of rotatable bonds is 2. The zero-order valence-corrected chi connectivity index (χ0v) is 11.7. The van der Waals surface area contributed by atoms with E-state index < -0.39 is 0 Å². The molecular weight excluding hydrogens is 248 g/mol. The second-order valence-corrected chi connectivity index (χ2v) is 5.60. The number of carbonyl (C=O) groups is 1. The lowest BCUT2D eigenvalue weighted by molar-refractivity contribution is 0.0886. The largest absolute Gasteiger partial charge is 0.507 e. The van der Waals surface area contributed by atoms with E-state index in [2.05, 4.69) is 0 Å². The van der Waals surface area contributed by atoms with Crippen molar-refractivity contribution in [3.8, 4) is 5.75 Å². The van der Waals surface area contributed by atoms with Gasteiger partial charge in [0.2, 0.25) is 0 Å². The number of aryl methyl sites for hydroxylation is 1. The Balaban J connectivity index is 2.38. The number of phenolic OH excluding ortho intramolecular Hbond substituents is 1. The van der Waals surface area contributed by atoms with Crippen molar-refractivity contribution in [2.24, 2.45) is 5.92 Å². The average Bonchev–Trinajstić information content (AvgIpc) is 2.37. The summed E-state index contributed by atoms with van der Waals surface area (Å²) >= 11 is 6.17. The number of phenols is 1. The molecule has 1 aromatic rings. The van der Waals surface area contributed by atoms with Gasteiger partial charge in [0.15, 0.2) is 5.78 Å². The minimum atomic E-state index is 0.0575. The van der Waals surface area contributed by atoms with E-state index in [1.807, 2.05) is 13.8 Å². The van der Waals surface area contributed by atoms with Crippen molar-refractivity contribution in [2.75, 3.05) is 0 Å². The third-order valence-electron chi connectivity index (χ3n) is 3.88. The predicted molar refractivity (Wildman–Crippen MR) is 73.5 cm³/mol. The molecule has 0 atom stereocenters. The van der Waals surface area contributed by atoms with E-state index in [1.54, 1.807) is 6.07 Å². The Morgan fingerprint density at radius 1 is 1.28 bits per heavy atom. The van der Waals surface area contributed by atoms with Crippen molar-refractivity contribution < 1.29 is 9.90 Å². The number of Topliss-reactive ketones (excluding diaryl/α,β-unsaturated/α-hetero) is 1. The number of hydrogen-bond acceptors (Lipinski definition) is 2. The van der Waals surface area contributed by atoms with E-state index in [0.717, 1.165) is 31.2 Å². The number of carbonyl (C=O) groups excluding carboxylic acids is 1. The maximum absolute atomic E-state index is 12.5. The van der Waals surface area contributed by atoms with Gasteiger partial charge < -0.3 is 5.11 Å². The molecule has 18 heavy (non-hydrogen) atoms. The lowest BCUT2D eigenvalue weighted by Gasteiger charge is -2.22. The summed E-state index contributed by atoms with van der Waals surface area (Å²) in [7, 11) is 0. The van der Waals surface area contributed by atoms with Gasteiger partial charge in [-0.05, 0) is 43.9 Å². The molecule has 1 aromatic carbocycles. The lowest BCUT2D eigenvalue weighted by Crippen LogP contribution is -2.19. The second kappa shape index (κ2) is 5.31. The Bertz CT molecular complexity index is 474. The molecule has 0 bridgehead atoms. The van der Waals surface area contributed by atoms with Crippen molar-refractivity contribution in [3.05, 3.63) is 27.8 Å². The van der Waals surface area contributed by atoms with Gasteiger partial charge in [-0.3, -0.25) is 4.79 Å². The van der Waals surface area contributed by atoms with Crippen LogP contribution in [0.5, 0.6) is 5.75 Å². The topological polar surface area (TPSA) is 37.3 Å². The SMILES string of the molecule is Cc1cc(O)c(C(=O)C2CCCCC2)c(C)c1Cl. The van der Waals surface area contributed by atoms with Crippen LogP contribution in [0, 0.1) is 19.8 Å². The third-order valence-corrected chi connectivity index (χ3v) is 4.46. The number of benzene rings is 1. The fourth-order valence-corrected chi connectivity index (χ4v) is 2.97. The Labute approximate surface area is 113 Å². The van der Waals surface area contributed by atoms with Crippen molar-refractivity contribution in [1.29, 1.82) is 0 Å². The fraction of sp³-hybridized carbons (Fsp3) is 0.533. The molecule has 0 saturated heterocycles. The van der Waals surface area contributed by atoms with E-state index in [1.165, 1.54) is 6.42 Å². The van der Waals surface area contributed by atoms with Gasteiger partial charge >= 0.3 is 0 Å². The molecule has 0 aromatic heterocycles. The van der Waals surface area contributed by atoms with Crippen LogP contribution in [0.1, 0.15) is 53.6 Å². The zero-order valence-electron chi connectivity index (χ0n) is 10.9. The minimum Gasteiger partial charge on any atom is -0.507 e. The molecule has 1 saturated carbocycles. The Morgan fingerprint density at radius 3 is 2.50 bits per heavy atom. The normalized spacial score (nSPS) is 16.8. The summed E-state index contributed by atoms with van der Waals surface area (Å²) < 4.78 is 0. The van der Waals surface area contributed by atoms with Gasteiger partial charge in [0, 0.05) is 10.9 Å². The van der Waals surface area contributed by atoms with Crippen molar-refractivity contribution in [2.45, 2.75) is 46.0 Å². The van der Waals surface area contributed by atoms with Crippen LogP contribution >= 0.6 is 11.6 Å². The fourth-order valence-electron chi connectivity index (χ4n) is 2.82. The predicted octanol–water partition coefficient (Wildman–Crippen LogP) is 4.43. The van der Waals surface area contributed by atoms with Gasteiger partial charge in [-0.2, -0.15) is 0 Å². The first-order valence-corrected chi connectivity index (χ1v) is 6.93. The number of halogens is 1. The maximum atomic E-state index is 12.5. The summed E-state index contributed by atoms with van der Waals surface area (Å²) in [6, 6.07) is 1.59. The molecule has 2 rings (SSSR count). The number of ketones is 1. The molecule has 1 aliphatic rings.